The standard InChI is InChI=1S/C25H25BrClFN4OS.C2H6/c1-3-6-18(4-2)31-24(33)7-5-12-30-34-23-14-17(9-11-20(23)27)25-29-15-22(32-25)16-8-10-19(26)21(28)13-16;1-2/h3-4,6,8-11,13-15,30H,5,7,12H2,1-2H3,(H,29,32)(H,31,33);1-2H3/b6-3-,18-4+;. The Morgan fingerprint density at radius 1 is 1.19 bits per heavy atom. The van der Waals surface area contributed by atoms with Crippen molar-refractivity contribution in [2.24, 2.45) is 0 Å². The minimum absolute atomic E-state index is 0.0164. The average Bonchev–Trinajstić information content (AvgIpc) is 3.38. The maximum atomic E-state index is 13.9. The minimum Gasteiger partial charge on any atom is -0.338 e. The van der Waals surface area contributed by atoms with Gasteiger partial charge in [-0.05, 0) is 84.6 Å². The van der Waals surface area contributed by atoms with Crippen molar-refractivity contribution in [3.05, 3.63) is 81.8 Å². The topological polar surface area (TPSA) is 69.8 Å². The number of rotatable bonds is 10. The van der Waals surface area contributed by atoms with Crippen molar-refractivity contribution in [1.82, 2.24) is 20.0 Å². The number of benzene rings is 2. The molecule has 0 atom stereocenters. The van der Waals surface area contributed by atoms with Crippen molar-refractivity contribution in [1.29, 1.82) is 0 Å². The first-order chi connectivity index (χ1) is 17.4. The Hall–Kier alpha value is -2.39. The molecule has 1 aromatic heterocycles. The van der Waals surface area contributed by atoms with Crippen LogP contribution >= 0.6 is 39.5 Å². The van der Waals surface area contributed by atoms with E-state index in [1.807, 2.05) is 70.2 Å². The van der Waals surface area contributed by atoms with Crippen LogP contribution in [0.4, 0.5) is 4.39 Å². The van der Waals surface area contributed by atoms with E-state index in [4.69, 9.17) is 11.6 Å². The number of imidazole rings is 1. The summed E-state index contributed by atoms with van der Waals surface area (Å²) in [6.45, 7) is 8.44. The van der Waals surface area contributed by atoms with Crippen LogP contribution in [0.5, 0.6) is 0 Å². The molecular weight excluding hydrogens is 563 g/mol. The zero-order chi connectivity index (χ0) is 26.5. The number of allylic oxidation sites excluding steroid dienone is 3. The largest absolute Gasteiger partial charge is 0.338 e. The number of H-pyrrole nitrogens is 1. The van der Waals surface area contributed by atoms with Gasteiger partial charge >= 0.3 is 0 Å². The molecule has 0 saturated carbocycles. The summed E-state index contributed by atoms with van der Waals surface area (Å²) in [6.07, 6.45) is 8.39. The Bertz CT molecular complexity index is 1210. The van der Waals surface area contributed by atoms with Gasteiger partial charge in [-0.25, -0.2) is 9.37 Å². The number of amides is 1. The van der Waals surface area contributed by atoms with Crippen molar-refractivity contribution < 1.29 is 9.18 Å². The van der Waals surface area contributed by atoms with E-state index in [1.165, 1.54) is 18.0 Å². The summed E-state index contributed by atoms with van der Waals surface area (Å²) in [5.74, 6) is 0.314. The first-order valence-corrected chi connectivity index (χ1v) is 13.7. The molecule has 3 rings (SSSR count). The molecule has 36 heavy (non-hydrogen) atoms. The van der Waals surface area contributed by atoms with Crippen LogP contribution in [0.25, 0.3) is 22.6 Å². The van der Waals surface area contributed by atoms with E-state index in [1.54, 1.807) is 12.3 Å². The fourth-order valence-electron chi connectivity index (χ4n) is 3.07. The summed E-state index contributed by atoms with van der Waals surface area (Å²) in [4.78, 5) is 20.6. The summed E-state index contributed by atoms with van der Waals surface area (Å²) < 4.78 is 17.6. The lowest BCUT2D eigenvalue weighted by molar-refractivity contribution is -0.120. The van der Waals surface area contributed by atoms with E-state index in [0.29, 0.717) is 40.3 Å². The van der Waals surface area contributed by atoms with Crippen LogP contribution in [-0.4, -0.2) is 22.4 Å². The molecule has 2 aromatic carbocycles. The highest BCUT2D eigenvalue weighted by Crippen LogP contribution is 2.31. The number of hydrogen-bond donors (Lipinski definition) is 3. The van der Waals surface area contributed by atoms with Crippen LogP contribution in [0.3, 0.4) is 0 Å². The van der Waals surface area contributed by atoms with Crippen LogP contribution in [0.2, 0.25) is 5.02 Å². The third-order valence-corrected chi connectivity index (χ3v) is 6.81. The van der Waals surface area contributed by atoms with Gasteiger partial charge in [0.1, 0.15) is 11.6 Å². The minimum atomic E-state index is -0.331. The number of nitrogens with one attached hydrogen (secondary N) is 3. The highest BCUT2D eigenvalue weighted by molar-refractivity contribution is 9.10. The number of halogens is 3. The van der Waals surface area contributed by atoms with Gasteiger partial charge in [0, 0.05) is 34.7 Å². The number of carbonyl (C=O) groups is 1. The summed E-state index contributed by atoms with van der Waals surface area (Å²) in [6, 6.07) is 10.6. The van der Waals surface area contributed by atoms with Crippen molar-refractivity contribution in [2.45, 2.75) is 45.4 Å². The van der Waals surface area contributed by atoms with Gasteiger partial charge < -0.3 is 10.3 Å². The Morgan fingerprint density at radius 2 is 1.94 bits per heavy atom. The molecule has 0 aliphatic carbocycles. The monoisotopic (exact) mass is 592 g/mol. The molecule has 9 heteroatoms. The summed E-state index contributed by atoms with van der Waals surface area (Å²) >= 11 is 10.9. The summed E-state index contributed by atoms with van der Waals surface area (Å²) in [5, 5.41) is 3.49. The number of hydrogen-bond acceptors (Lipinski definition) is 4. The second-order valence-corrected chi connectivity index (χ2v) is 9.51. The molecule has 0 saturated heterocycles. The van der Waals surface area contributed by atoms with E-state index < -0.39 is 0 Å². The number of carbonyl (C=O) groups excluding carboxylic acids is 1. The fourth-order valence-corrected chi connectivity index (χ4v) is 4.30. The molecule has 5 nitrogen and oxygen atoms in total. The van der Waals surface area contributed by atoms with Gasteiger partial charge in [-0.1, -0.05) is 43.7 Å². The van der Waals surface area contributed by atoms with Crippen LogP contribution in [0, 0.1) is 5.82 Å². The molecule has 0 aliphatic heterocycles. The molecule has 3 aromatic rings. The lowest BCUT2D eigenvalue weighted by Gasteiger charge is -2.08. The van der Waals surface area contributed by atoms with Crippen molar-refractivity contribution in [3.8, 4) is 22.6 Å². The quantitative estimate of drug-likeness (QED) is 0.126. The highest BCUT2D eigenvalue weighted by atomic mass is 79.9. The van der Waals surface area contributed by atoms with Gasteiger partial charge in [0.05, 0.1) is 21.4 Å². The van der Waals surface area contributed by atoms with Gasteiger partial charge in [0.15, 0.2) is 0 Å². The van der Waals surface area contributed by atoms with Gasteiger partial charge in [0.25, 0.3) is 0 Å². The molecule has 192 valence electrons. The zero-order valence-corrected chi connectivity index (χ0v) is 24.0. The molecule has 0 unspecified atom stereocenters. The Kier molecular flexibility index (Phi) is 13.0. The normalized spacial score (nSPS) is 11.4. The van der Waals surface area contributed by atoms with Gasteiger partial charge in [-0.2, -0.15) is 0 Å². The van der Waals surface area contributed by atoms with E-state index in [9.17, 15) is 9.18 Å². The molecule has 1 heterocycles. The highest BCUT2D eigenvalue weighted by Gasteiger charge is 2.11. The summed E-state index contributed by atoms with van der Waals surface area (Å²) in [7, 11) is 0. The van der Waals surface area contributed by atoms with Crippen molar-refractivity contribution in [2.75, 3.05) is 6.54 Å². The Balaban J connectivity index is 0.00000222. The van der Waals surface area contributed by atoms with Gasteiger partial charge in [-0.15, -0.1) is 0 Å². The number of aromatic amines is 1. The molecule has 0 bridgehead atoms. The van der Waals surface area contributed by atoms with Gasteiger partial charge in [-0.3, -0.25) is 9.52 Å². The molecule has 1 amide bonds. The third kappa shape index (κ3) is 8.92. The first kappa shape index (κ1) is 29.8. The van der Waals surface area contributed by atoms with Crippen LogP contribution < -0.4 is 10.0 Å². The molecular formula is C27H31BrClFN4OS. The third-order valence-electron chi connectivity index (χ3n) is 4.82. The molecule has 3 N–H and O–H groups in total. The predicted molar refractivity (Wildman–Crippen MR) is 153 cm³/mol. The SMILES string of the molecule is C/C=C\C(=C/C)NC(=O)CCCNSc1cc(-c2ncc(-c3ccc(Br)c(F)c3)[nH]2)ccc1Cl.CC. The number of aromatic nitrogens is 2. The molecule has 0 fully saturated rings. The number of nitrogens with zero attached hydrogens (tertiary/aromatic N) is 1. The predicted octanol–water partition coefficient (Wildman–Crippen LogP) is 8.30. The van der Waals surface area contributed by atoms with E-state index in [-0.39, 0.29) is 11.7 Å². The second-order valence-electron chi connectivity index (χ2n) is 7.31. The van der Waals surface area contributed by atoms with E-state index >= 15 is 0 Å². The van der Waals surface area contributed by atoms with E-state index in [2.05, 4.69) is 35.9 Å². The first-order valence-electron chi connectivity index (χ1n) is 11.7. The fraction of sp³-hybridized carbons (Fsp3) is 0.259. The van der Waals surface area contributed by atoms with E-state index in [0.717, 1.165) is 21.8 Å². The zero-order valence-electron chi connectivity index (χ0n) is 20.8. The molecule has 0 spiro atoms. The Labute approximate surface area is 230 Å². The maximum absolute atomic E-state index is 13.9. The molecule has 0 radical (unpaired) electrons. The van der Waals surface area contributed by atoms with Crippen molar-refractivity contribution >= 4 is 45.4 Å². The molecule has 0 aliphatic rings. The second kappa shape index (κ2) is 15.7. The smallest absolute Gasteiger partial charge is 0.224 e. The Morgan fingerprint density at radius 3 is 2.64 bits per heavy atom. The van der Waals surface area contributed by atoms with Crippen LogP contribution in [0.1, 0.15) is 40.5 Å². The van der Waals surface area contributed by atoms with Crippen molar-refractivity contribution in [3.63, 3.8) is 0 Å². The lowest BCUT2D eigenvalue weighted by Crippen LogP contribution is -2.22. The van der Waals surface area contributed by atoms with Gasteiger partial charge in [0.2, 0.25) is 5.91 Å². The van der Waals surface area contributed by atoms with Crippen LogP contribution in [0.15, 0.2) is 75.9 Å². The average molecular weight is 594 g/mol. The summed E-state index contributed by atoms with van der Waals surface area (Å²) in [5.41, 5.74) is 3.09. The van der Waals surface area contributed by atoms with Crippen LogP contribution in [-0.2, 0) is 4.79 Å². The lowest BCUT2D eigenvalue weighted by atomic mass is 10.2. The maximum Gasteiger partial charge on any atom is 0.224 e.